The maximum Gasteiger partial charge on any atom is 0.317 e. The maximum absolute atomic E-state index is 13.4. The van der Waals surface area contributed by atoms with Crippen molar-refractivity contribution in [1.29, 1.82) is 0 Å². The van der Waals surface area contributed by atoms with Crippen LogP contribution in [0.3, 0.4) is 0 Å². The van der Waals surface area contributed by atoms with E-state index >= 15 is 0 Å². The molecule has 0 aromatic heterocycles. The molecule has 0 spiro atoms. The number of carbonyl (C=O) groups excluding carboxylic acids is 1. The predicted molar refractivity (Wildman–Crippen MR) is 82.7 cm³/mol. The van der Waals surface area contributed by atoms with E-state index in [4.69, 9.17) is 0 Å². The Hall–Kier alpha value is -1.63. The van der Waals surface area contributed by atoms with Crippen molar-refractivity contribution in [2.24, 2.45) is 5.92 Å². The molecule has 22 heavy (non-hydrogen) atoms. The van der Waals surface area contributed by atoms with Crippen molar-refractivity contribution in [3.05, 3.63) is 35.6 Å². The van der Waals surface area contributed by atoms with E-state index in [9.17, 15) is 17.6 Å². The van der Waals surface area contributed by atoms with Gasteiger partial charge in [0.05, 0.1) is 11.8 Å². The highest BCUT2D eigenvalue weighted by molar-refractivity contribution is 7.90. The van der Waals surface area contributed by atoms with Crippen LogP contribution in [0.25, 0.3) is 0 Å². The highest BCUT2D eigenvalue weighted by Crippen LogP contribution is 2.35. The summed E-state index contributed by atoms with van der Waals surface area (Å²) in [6.07, 6.45) is 1.90. The number of halogens is 1. The maximum atomic E-state index is 13.4. The van der Waals surface area contributed by atoms with Crippen molar-refractivity contribution in [2.45, 2.75) is 19.4 Å². The van der Waals surface area contributed by atoms with E-state index in [2.05, 4.69) is 5.32 Å². The summed E-state index contributed by atoms with van der Waals surface area (Å²) in [7, 11) is -3.11. The first-order valence-corrected chi connectivity index (χ1v) is 9.30. The van der Waals surface area contributed by atoms with Gasteiger partial charge in [-0.05, 0) is 30.0 Å². The molecule has 0 aliphatic carbocycles. The normalized spacial score (nSPS) is 21.9. The first-order chi connectivity index (χ1) is 10.3. The van der Waals surface area contributed by atoms with Crippen molar-refractivity contribution in [3.8, 4) is 0 Å². The van der Waals surface area contributed by atoms with Crippen molar-refractivity contribution in [3.63, 3.8) is 0 Å². The van der Waals surface area contributed by atoms with Gasteiger partial charge in [-0.1, -0.05) is 19.1 Å². The van der Waals surface area contributed by atoms with Gasteiger partial charge in [-0.15, -0.1) is 0 Å². The van der Waals surface area contributed by atoms with E-state index in [1.54, 1.807) is 11.0 Å². The van der Waals surface area contributed by atoms with E-state index in [-0.39, 0.29) is 30.2 Å². The fraction of sp³-hybridized carbons (Fsp3) is 0.533. The van der Waals surface area contributed by atoms with Crippen molar-refractivity contribution in [1.82, 2.24) is 10.2 Å². The SMILES string of the molecule is CC1CC(c2cccc(F)c2)N(C(=O)NCCS(C)(=O)=O)C1. The molecule has 122 valence electrons. The van der Waals surface area contributed by atoms with Crippen LogP contribution in [-0.2, 0) is 9.84 Å². The van der Waals surface area contributed by atoms with Crippen molar-refractivity contribution >= 4 is 15.9 Å². The Morgan fingerprint density at radius 1 is 1.45 bits per heavy atom. The summed E-state index contributed by atoms with van der Waals surface area (Å²) in [5, 5.41) is 2.63. The van der Waals surface area contributed by atoms with Gasteiger partial charge in [-0.2, -0.15) is 0 Å². The fourth-order valence-corrected chi connectivity index (χ4v) is 3.22. The zero-order chi connectivity index (χ0) is 16.3. The molecule has 0 saturated carbocycles. The molecule has 5 nitrogen and oxygen atoms in total. The molecule has 2 atom stereocenters. The number of amides is 2. The molecule has 1 aromatic carbocycles. The molecule has 1 aromatic rings. The number of sulfone groups is 1. The standard InChI is InChI=1S/C15H21FN2O3S/c1-11-8-14(12-4-3-5-13(16)9-12)18(10-11)15(19)17-6-7-22(2,20)21/h3-5,9,11,14H,6-8,10H2,1-2H3,(H,17,19). The minimum Gasteiger partial charge on any atom is -0.337 e. The van der Waals surface area contributed by atoms with Crippen LogP contribution in [0, 0.1) is 11.7 Å². The second kappa shape index (κ2) is 6.64. The largest absolute Gasteiger partial charge is 0.337 e. The minimum atomic E-state index is -3.11. The highest BCUT2D eigenvalue weighted by atomic mass is 32.2. The Labute approximate surface area is 130 Å². The van der Waals surface area contributed by atoms with Crippen LogP contribution in [0.4, 0.5) is 9.18 Å². The molecule has 1 N–H and O–H groups in total. The number of hydrogen-bond acceptors (Lipinski definition) is 3. The van der Waals surface area contributed by atoms with Gasteiger partial charge in [0.1, 0.15) is 15.7 Å². The van der Waals surface area contributed by atoms with Gasteiger partial charge in [0.15, 0.2) is 0 Å². The van der Waals surface area contributed by atoms with Crippen molar-refractivity contribution in [2.75, 3.05) is 25.1 Å². The molecule has 1 fully saturated rings. The first-order valence-electron chi connectivity index (χ1n) is 7.24. The monoisotopic (exact) mass is 328 g/mol. The van der Waals surface area contributed by atoms with Gasteiger partial charge in [0.2, 0.25) is 0 Å². The Balaban J connectivity index is 2.06. The number of rotatable bonds is 4. The summed E-state index contributed by atoms with van der Waals surface area (Å²) < 4.78 is 35.6. The van der Waals surface area contributed by atoms with Gasteiger partial charge >= 0.3 is 6.03 Å². The van der Waals surface area contributed by atoms with Crippen LogP contribution in [0.2, 0.25) is 0 Å². The Kier molecular flexibility index (Phi) is 5.05. The molecule has 0 radical (unpaired) electrons. The lowest BCUT2D eigenvalue weighted by Gasteiger charge is -2.25. The fourth-order valence-electron chi connectivity index (χ4n) is 2.75. The molecule has 1 heterocycles. The molecular weight excluding hydrogens is 307 g/mol. The van der Waals surface area contributed by atoms with Gasteiger partial charge in [0.25, 0.3) is 0 Å². The van der Waals surface area contributed by atoms with Crippen LogP contribution in [0.5, 0.6) is 0 Å². The topological polar surface area (TPSA) is 66.5 Å². The first kappa shape index (κ1) is 16.7. The number of benzene rings is 1. The summed E-state index contributed by atoms with van der Waals surface area (Å²) in [5.41, 5.74) is 0.766. The Morgan fingerprint density at radius 2 is 2.18 bits per heavy atom. The molecule has 0 bridgehead atoms. The average Bonchev–Trinajstić information content (AvgIpc) is 2.79. The lowest BCUT2D eigenvalue weighted by atomic mass is 10.0. The van der Waals surface area contributed by atoms with E-state index < -0.39 is 9.84 Å². The number of hydrogen-bond donors (Lipinski definition) is 1. The molecule has 2 unspecified atom stereocenters. The van der Waals surface area contributed by atoms with Crippen molar-refractivity contribution < 1.29 is 17.6 Å². The summed E-state index contributed by atoms with van der Waals surface area (Å²) in [5.74, 6) is -0.101. The molecule has 7 heteroatoms. The third kappa shape index (κ3) is 4.43. The van der Waals surface area contributed by atoms with Crippen LogP contribution >= 0.6 is 0 Å². The van der Waals surface area contributed by atoms with E-state index in [1.807, 2.05) is 13.0 Å². The molecule has 2 amide bonds. The van der Waals surface area contributed by atoms with Gasteiger partial charge in [-0.25, -0.2) is 17.6 Å². The molecule has 1 saturated heterocycles. The number of likely N-dealkylation sites (tertiary alicyclic amines) is 1. The number of nitrogens with one attached hydrogen (secondary N) is 1. The molecule has 1 aliphatic heterocycles. The lowest BCUT2D eigenvalue weighted by molar-refractivity contribution is 0.192. The zero-order valence-corrected chi connectivity index (χ0v) is 13.6. The summed E-state index contributed by atoms with van der Waals surface area (Å²) in [6, 6.07) is 5.78. The second-order valence-electron chi connectivity index (χ2n) is 5.93. The second-order valence-corrected chi connectivity index (χ2v) is 8.19. The van der Waals surface area contributed by atoms with Gasteiger partial charge < -0.3 is 10.2 Å². The summed E-state index contributed by atoms with van der Waals surface area (Å²) >= 11 is 0. The smallest absolute Gasteiger partial charge is 0.317 e. The number of carbonyl (C=O) groups is 1. The summed E-state index contributed by atoms with van der Waals surface area (Å²) in [6.45, 7) is 2.69. The number of urea groups is 1. The van der Waals surface area contributed by atoms with E-state index in [1.165, 1.54) is 12.1 Å². The molecule has 1 aliphatic rings. The third-order valence-electron chi connectivity index (χ3n) is 3.75. The molecular formula is C15H21FN2O3S. The minimum absolute atomic E-state index is 0.0818. The lowest BCUT2D eigenvalue weighted by Crippen LogP contribution is -2.41. The quantitative estimate of drug-likeness (QED) is 0.919. The zero-order valence-electron chi connectivity index (χ0n) is 12.8. The highest BCUT2D eigenvalue weighted by Gasteiger charge is 2.34. The predicted octanol–water partition coefficient (Wildman–Crippen LogP) is 1.96. The Morgan fingerprint density at radius 3 is 2.82 bits per heavy atom. The average molecular weight is 328 g/mol. The van der Waals surface area contributed by atoms with Gasteiger partial charge in [0, 0.05) is 19.3 Å². The van der Waals surface area contributed by atoms with Gasteiger partial charge in [-0.3, -0.25) is 0 Å². The Bertz CT molecular complexity index is 648. The molecule has 2 rings (SSSR count). The summed E-state index contributed by atoms with van der Waals surface area (Å²) in [4.78, 5) is 13.9. The van der Waals surface area contributed by atoms with Crippen LogP contribution in [-0.4, -0.2) is 44.4 Å². The number of nitrogens with zero attached hydrogens (tertiary/aromatic N) is 1. The van der Waals surface area contributed by atoms with Crippen LogP contribution < -0.4 is 5.32 Å². The van der Waals surface area contributed by atoms with E-state index in [0.717, 1.165) is 18.2 Å². The van der Waals surface area contributed by atoms with Crippen LogP contribution in [0.1, 0.15) is 24.9 Å². The third-order valence-corrected chi connectivity index (χ3v) is 4.70. The van der Waals surface area contributed by atoms with Crippen LogP contribution in [0.15, 0.2) is 24.3 Å². The van der Waals surface area contributed by atoms with E-state index in [0.29, 0.717) is 12.5 Å².